The van der Waals surface area contributed by atoms with Gasteiger partial charge in [0.15, 0.2) is 0 Å². The highest BCUT2D eigenvalue weighted by Crippen LogP contribution is 2.26. The molecule has 0 saturated heterocycles. The minimum Gasteiger partial charge on any atom is -0.387 e. The molecule has 4 nitrogen and oxygen atoms in total. The number of hydrogen-bond acceptors (Lipinski definition) is 3. The predicted molar refractivity (Wildman–Crippen MR) is 48.3 cm³/mol. The van der Waals surface area contributed by atoms with E-state index in [1.165, 1.54) is 11.3 Å². The molecule has 0 amide bonds. The lowest BCUT2D eigenvalue weighted by Crippen LogP contribution is -1.97. The Morgan fingerprint density at radius 2 is 2.50 bits per heavy atom. The standard InChI is InChI=1S/C6H6ClN3OS/c7-6-2-1-5(12-6)4(11)3-9-10-8/h1-2,4,11H,3H2. The highest BCUT2D eigenvalue weighted by Gasteiger charge is 2.08. The van der Waals surface area contributed by atoms with Crippen molar-refractivity contribution in [3.8, 4) is 0 Å². The minimum absolute atomic E-state index is 0.0490. The average Bonchev–Trinajstić information content (AvgIpc) is 2.47. The Morgan fingerprint density at radius 3 is 3.00 bits per heavy atom. The Hall–Kier alpha value is -0.740. The smallest absolute Gasteiger partial charge is 0.0938 e. The van der Waals surface area contributed by atoms with Crippen molar-refractivity contribution in [2.24, 2.45) is 5.11 Å². The van der Waals surface area contributed by atoms with Crippen molar-refractivity contribution in [1.29, 1.82) is 0 Å². The van der Waals surface area contributed by atoms with Crippen LogP contribution in [0, 0.1) is 0 Å². The number of aliphatic hydroxyl groups is 1. The molecule has 0 aromatic carbocycles. The Labute approximate surface area is 78.0 Å². The van der Waals surface area contributed by atoms with Crippen molar-refractivity contribution in [2.45, 2.75) is 6.10 Å². The lowest BCUT2D eigenvalue weighted by molar-refractivity contribution is 0.190. The zero-order valence-electron chi connectivity index (χ0n) is 6.01. The van der Waals surface area contributed by atoms with E-state index in [0.717, 1.165) is 0 Å². The molecule has 0 aliphatic rings. The fraction of sp³-hybridized carbons (Fsp3) is 0.333. The number of hydrogen-bond donors (Lipinski definition) is 1. The molecule has 64 valence electrons. The van der Waals surface area contributed by atoms with Crippen LogP contribution in [0.4, 0.5) is 0 Å². The molecule has 0 bridgehead atoms. The maximum absolute atomic E-state index is 9.35. The van der Waals surface area contributed by atoms with Crippen molar-refractivity contribution in [3.63, 3.8) is 0 Å². The quantitative estimate of drug-likeness (QED) is 0.458. The van der Waals surface area contributed by atoms with Gasteiger partial charge in [-0.15, -0.1) is 11.3 Å². The summed E-state index contributed by atoms with van der Waals surface area (Å²) >= 11 is 6.92. The van der Waals surface area contributed by atoms with E-state index in [-0.39, 0.29) is 6.54 Å². The van der Waals surface area contributed by atoms with Gasteiger partial charge in [0.25, 0.3) is 0 Å². The molecule has 0 aliphatic heterocycles. The van der Waals surface area contributed by atoms with E-state index in [0.29, 0.717) is 9.21 Å². The summed E-state index contributed by atoms with van der Waals surface area (Å²) in [4.78, 5) is 3.26. The van der Waals surface area contributed by atoms with Crippen LogP contribution in [0.2, 0.25) is 4.34 Å². The van der Waals surface area contributed by atoms with Crippen molar-refractivity contribution in [3.05, 3.63) is 31.8 Å². The van der Waals surface area contributed by atoms with Crippen LogP contribution in [-0.2, 0) is 0 Å². The van der Waals surface area contributed by atoms with Crippen molar-refractivity contribution in [1.82, 2.24) is 0 Å². The summed E-state index contributed by atoms with van der Waals surface area (Å²) in [5.41, 5.74) is 7.99. The van der Waals surface area contributed by atoms with Gasteiger partial charge in [-0.3, -0.25) is 0 Å². The average molecular weight is 204 g/mol. The normalized spacial score (nSPS) is 12.2. The molecule has 0 spiro atoms. The lowest BCUT2D eigenvalue weighted by atomic mass is 10.3. The van der Waals surface area contributed by atoms with E-state index in [1.54, 1.807) is 12.1 Å². The summed E-state index contributed by atoms with van der Waals surface area (Å²) in [7, 11) is 0. The Balaban J connectivity index is 2.64. The van der Waals surface area contributed by atoms with E-state index in [4.69, 9.17) is 17.1 Å². The Bertz CT molecular complexity index is 307. The maximum atomic E-state index is 9.35. The predicted octanol–water partition coefficient (Wildman–Crippen LogP) is 2.75. The Kier molecular flexibility index (Phi) is 3.37. The topological polar surface area (TPSA) is 69.0 Å². The van der Waals surface area contributed by atoms with Crippen LogP contribution in [0.25, 0.3) is 10.4 Å². The van der Waals surface area contributed by atoms with Gasteiger partial charge in [-0.1, -0.05) is 16.7 Å². The first-order chi connectivity index (χ1) is 5.74. The van der Waals surface area contributed by atoms with Gasteiger partial charge in [0, 0.05) is 9.79 Å². The van der Waals surface area contributed by atoms with Gasteiger partial charge in [0.05, 0.1) is 17.0 Å². The third kappa shape index (κ3) is 2.39. The molecule has 1 rings (SSSR count). The molecule has 0 fully saturated rings. The van der Waals surface area contributed by atoms with Gasteiger partial charge < -0.3 is 5.11 Å². The summed E-state index contributed by atoms with van der Waals surface area (Å²) in [5.74, 6) is 0. The second-order valence-corrected chi connectivity index (χ2v) is 3.82. The third-order valence-electron chi connectivity index (χ3n) is 1.24. The number of thiophene rings is 1. The van der Waals surface area contributed by atoms with E-state index in [2.05, 4.69) is 10.0 Å². The van der Waals surface area contributed by atoms with Crippen LogP contribution in [0.1, 0.15) is 11.0 Å². The molecular formula is C6H6ClN3OS. The molecule has 12 heavy (non-hydrogen) atoms. The van der Waals surface area contributed by atoms with Gasteiger partial charge in [-0.2, -0.15) is 0 Å². The summed E-state index contributed by atoms with van der Waals surface area (Å²) in [6, 6.07) is 3.41. The van der Waals surface area contributed by atoms with Gasteiger partial charge in [-0.05, 0) is 17.7 Å². The maximum Gasteiger partial charge on any atom is 0.0938 e. The highest BCUT2D eigenvalue weighted by atomic mass is 35.5. The third-order valence-corrected chi connectivity index (χ3v) is 2.57. The largest absolute Gasteiger partial charge is 0.387 e. The number of halogens is 1. The van der Waals surface area contributed by atoms with Gasteiger partial charge in [0.2, 0.25) is 0 Å². The molecule has 1 aromatic heterocycles. The zero-order valence-corrected chi connectivity index (χ0v) is 7.59. The molecule has 0 saturated carbocycles. The first kappa shape index (κ1) is 9.35. The summed E-state index contributed by atoms with van der Waals surface area (Å²) < 4.78 is 0.616. The van der Waals surface area contributed by atoms with Crippen LogP contribution in [0.3, 0.4) is 0 Å². The molecule has 1 N–H and O–H groups in total. The van der Waals surface area contributed by atoms with Crippen LogP contribution in [-0.4, -0.2) is 11.7 Å². The second kappa shape index (κ2) is 4.33. The fourth-order valence-electron chi connectivity index (χ4n) is 0.711. The molecule has 0 aliphatic carbocycles. The molecule has 1 unspecified atom stereocenters. The van der Waals surface area contributed by atoms with E-state index in [1.807, 2.05) is 0 Å². The van der Waals surface area contributed by atoms with Gasteiger partial charge >= 0.3 is 0 Å². The van der Waals surface area contributed by atoms with E-state index >= 15 is 0 Å². The van der Waals surface area contributed by atoms with Crippen molar-refractivity contribution in [2.75, 3.05) is 6.54 Å². The summed E-state index contributed by atoms with van der Waals surface area (Å²) in [6.07, 6.45) is -0.738. The summed E-state index contributed by atoms with van der Waals surface area (Å²) in [6.45, 7) is 0.0490. The van der Waals surface area contributed by atoms with Gasteiger partial charge in [0.1, 0.15) is 0 Å². The first-order valence-electron chi connectivity index (χ1n) is 3.18. The highest BCUT2D eigenvalue weighted by molar-refractivity contribution is 7.16. The minimum atomic E-state index is -0.738. The van der Waals surface area contributed by atoms with Crippen LogP contribution >= 0.6 is 22.9 Å². The lowest BCUT2D eigenvalue weighted by Gasteiger charge is -2.01. The van der Waals surface area contributed by atoms with E-state index < -0.39 is 6.10 Å². The van der Waals surface area contributed by atoms with Crippen molar-refractivity contribution >= 4 is 22.9 Å². The summed E-state index contributed by atoms with van der Waals surface area (Å²) in [5, 5.41) is 12.6. The molecule has 0 radical (unpaired) electrons. The molecule has 1 atom stereocenters. The number of azide groups is 1. The zero-order chi connectivity index (χ0) is 8.97. The van der Waals surface area contributed by atoms with Gasteiger partial charge in [-0.25, -0.2) is 0 Å². The number of rotatable bonds is 3. The van der Waals surface area contributed by atoms with E-state index in [9.17, 15) is 5.11 Å². The number of nitrogens with zero attached hydrogens (tertiary/aromatic N) is 3. The second-order valence-electron chi connectivity index (χ2n) is 2.07. The van der Waals surface area contributed by atoms with Crippen LogP contribution in [0.15, 0.2) is 17.2 Å². The monoisotopic (exact) mass is 203 g/mol. The Morgan fingerprint density at radius 1 is 1.75 bits per heavy atom. The van der Waals surface area contributed by atoms with Crippen molar-refractivity contribution < 1.29 is 5.11 Å². The molecule has 1 heterocycles. The first-order valence-corrected chi connectivity index (χ1v) is 4.37. The SMILES string of the molecule is [N-]=[N+]=NCC(O)c1ccc(Cl)s1. The molecule has 1 aromatic rings. The molecular weight excluding hydrogens is 198 g/mol. The fourth-order valence-corrected chi connectivity index (χ4v) is 1.75. The van der Waals surface area contributed by atoms with Crippen LogP contribution < -0.4 is 0 Å². The molecule has 6 heteroatoms. The number of aliphatic hydroxyl groups excluding tert-OH is 1. The van der Waals surface area contributed by atoms with Crippen LogP contribution in [0.5, 0.6) is 0 Å².